The van der Waals surface area contributed by atoms with E-state index in [0.29, 0.717) is 12.5 Å². The van der Waals surface area contributed by atoms with Gasteiger partial charge >= 0.3 is 0 Å². The van der Waals surface area contributed by atoms with E-state index in [1.807, 2.05) is 20.0 Å². The summed E-state index contributed by atoms with van der Waals surface area (Å²) in [5.74, 6) is 0. The van der Waals surface area contributed by atoms with Crippen LogP contribution in [0.25, 0.3) is 0 Å². The van der Waals surface area contributed by atoms with Crippen molar-refractivity contribution in [3.63, 3.8) is 0 Å². The van der Waals surface area contributed by atoms with Crippen LogP contribution >= 0.6 is 0 Å². The van der Waals surface area contributed by atoms with E-state index in [1.165, 1.54) is 25.7 Å². The van der Waals surface area contributed by atoms with Gasteiger partial charge in [0, 0.05) is 12.6 Å². The second kappa shape index (κ2) is 5.85. The Morgan fingerprint density at radius 2 is 2.22 bits per heavy atom. The minimum absolute atomic E-state index is 0.584. The van der Waals surface area contributed by atoms with Crippen LogP contribution in [0.3, 0.4) is 0 Å². The van der Waals surface area contributed by atoms with Crippen molar-refractivity contribution in [3.05, 3.63) is 18.0 Å². The molecule has 0 radical (unpaired) electrons. The van der Waals surface area contributed by atoms with Crippen molar-refractivity contribution in [3.8, 4) is 0 Å². The van der Waals surface area contributed by atoms with Gasteiger partial charge in [0.05, 0.1) is 17.3 Å². The fraction of sp³-hybridized carbons (Fsp3) is 0.786. The summed E-state index contributed by atoms with van der Waals surface area (Å²) in [7, 11) is 1.91. The van der Waals surface area contributed by atoms with Crippen molar-refractivity contribution in [2.24, 2.45) is 0 Å². The van der Waals surface area contributed by atoms with Crippen LogP contribution < -0.4 is 5.32 Å². The Morgan fingerprint density at radius 1 is 1.50 bits per heavy atom. The zero-order valence-corrected chi connectivity index (χ0v) is 11.5. The molecule has 1 aliphatic carbocycles. The maximum Gasteiger partial charge on any atom is 0.0687 e. The van der Waals surface area contributed by atoms with Crippen molar-refractivity contribution >= 4 is 0 Å². The third-order valence-corrected chi connectivity index (χ3v) is 3.84. The summed E-state index contributed by atoms with van der Waals surface area (Å²) in [6.07, 6.45) is 8.59. The monoisotopic (exact) mass is 251 g/mol. The smallest absolute Gasteiger partial charge is 0.0687 e. The maximum absolute atomic E-state index is 10.3. The molecular formula is C14H25N3O. The molecule has 0 spiro atoms. The van der Waals surface area contributed by atoms with Crippen LogP contribution in [0.15, 0.2) is 12.3 Å². The lowest BCUT2D eigenvalue weighted by Crippen LogP contribution is -2.31. The lowest BCUT2D eigenvalue weighted by molar-refractivity contribution is 0.0509. The van der Waals surface area contributed by atoms with Gasteiger partial charge in [0.2, 0.25) is 0 Å². The average Bonchev–Trinajstić information content (AvgIpc) is 2.95. The van der Waals surface area contributed by atoms with Crippen molar-refractivity contribution < 1.29 is 5.11 Å². The number of rotatable bonds is 6. The molecule has 1 saturated carbocycles. The second-order valence-electron chi connectivity index (χ2n) is 5.75. The van der Waals surface area contributed by atoms with Gasteiger partial charge in [-0.05, 0) is 45.8 Å². The van der Waals surface area contributed by atoms with E-state index in [0.717, 1.165) is 18.7 Å². The number of hydrogen-bond donors (Lipinski definition) is 2. The van der Waals surface area contributed by atoms with Gasteiger partial charge < -0.3 is 10.4 Å². The highest BCUT2D eigenvalue weighted by Crippen LogP contribution is 2.29. The molecule has 0 bridgehead atoms. The first kappa shape index (κ1) is 13.6. The standard InChI is InChI=1S/C14H25N3O/c1-14(18,8-9-15-2)11-12-7-10-17(16-12)13-5-3-4-6-13/h7,10,13,15,18H,3-6,8-9,11H2,1-2H3. The molecule has 102 valence electrons. The van der Waals surface area contributed by atoms with Crippen molar-refractivity contribution in [2.45, 2.75) is 57.1 Å². The summed E-state index contributed by atoms with van der Waals surface area (Å²) >= 11 is 0. The molecule has 0 aliphatic heterocycles. The van der Waals surface area contributed by atoms with Crippen LogP contribution in [-0.4, -0.2) is 34.1 Å². The van der Waals surface area contributed by atoms with E-state index in [9.17, 15) is 5.11 Å². The number of nitrogens with zero attached hydrogens (tertiary/aromatic N) is 2. The fourth-order valence-electron chi connectivity index (χ4n) is 2.72. The van der Waals surface area contributed by atoms with E-state index in [-0.39, 0.29) is 0 Å². The van der Waals surface area contributed by atoms with Crippen LogP contribution in [0.5, 0.6) is 0 Å². The summed E-state index contributed by atoms with van der Waals surface area (Å²) in [4.78, 5) is 0. The third-order valence-electron chi connectivity index (χ3n) is 3.84. The molecule has 1 fully saturated rings. The van der Waals surface area contributed by atoms with E-state index >= 15 is 0 Å². The van der Waals surface area contributed by atoms with Gasteiger partial charge in [0.1, 0.15) is 0 Å². The SMILES string of the molecule is CNCCC(C)(O)Cc1ccn(C2CCCC2)n1. The van der Waals surface area contributed by atoms with Gasteiger partial charge in [0.15, 0.2) is 0 Å². The molecule has 0 saturated heterocycles. The summed E-state index contributed by atoms with van der Waals surface area (Å²) in [6, 6.07) is 2.63. The number of aromatic nitrogens is 2. The molecule has 1 aromatic heterocycles. The Labute approximate surface area is 109 Å². The summed E-state index contributed by atoms with van der Waals surface area (Å²) in [6.45, 7) is 2.72. The minimum Gasteiger partial charge on any atom is -0.390 e. The van der Waals surface area contributed by atoms with Crippen LogP contribution in [0.2, 0.25) is 0 Å². The predicted octanol–water partition coefficient (Wildman–Crippen LogP) is 1.90. The maximum atomic E-state index is 10.3. The highest BCUT2D eigenvalue weighted by atomic mass is 16.3. The van der Waals surface area contributed by atoms with Gasteiger partial charge in [-0.25, -0.2) is 0 Å². The van der Waals surface area contributed by atoms with Gasteiger partial charge in [0.25, 0.3) is 0 Å². The molecule has 0 aromatic carbocycles. The first-order valence-electron chi connectivity index (χ1n) is 7.02. The zero-order valence-electron chi connectivity index (χ0n) is 11.5. The Balaban J connectivity index is 1.93. The number of nitrogens with one attached hydrogen (secondary N) is 1. The first-order chi connectivity index (χ1) is 8.61. The molecule has 4 heteroatoms. The highest BCUT2D eigenvalue weighted by Gasteiger charge is 2.23. The fourth-order valence-corrected chi connectivity index (χ4v) is 2.72. The topological polar surface area (TPSA) is 50.1 Å². The molecule has 1 heterocycles. The first-order valence-corrected chi connectivity index (χ1v) is 7.02. The molecule has 4 nitrogen and oxygen atoms in total. The highest BCUT2D eigenvalue weighted by molar-refractivity contribution is 5.04. The molecule has 2 rings (SSSR count). The average molecular weight is 251 g/mol. The minimum atomic E-state index is -0.669. The molecule has 1 aliphatic rings. The lowest BCUT2D eigenvalue weighted by atomic mass is 9.96. The van der Waals surface area contributed by atoms with Crippen LogP contribution in [-0.2, 0) is 6.42 Å². The lowest BCUT2D eigenvalue weighted by Gasteiger charge is -2.22. The van der Waals surface area contributed by atoms with Crippen LogP contribution in [0.4, 0.5) is 0 Å². The van der Waals surface area contributed by atoms with Crippen LogP contribution in [0, 0.1) is 0 Å². The quantitative estimate of drug-likeness (QED) is 0.812. The van der Waals surface area contributed by atoms with E-state index < -0.39 is 5.60 Å². The summed E-state index contributed by atoms with van der Waals surface area (Å²) < 4.78 is 2.09. The predicted molar refractivity (Wildman–Crippen MR) is 72.6 cm³/mol. The van der Waals surface area contributed by atoms with Crippen molar-refractivity contribution in [1.29, 1.82) is 0 Å². The van der Waals surface area contributed by atoms with Crippen molar-refractivity contribution in [1.82, 2.24) is 15.1 Å². The Bertz CT molecular complexity index is 367. The summed E-state index contributed by atoms with van der Waals surface area (Å²) in [5.41, 5.74) is 0.334. The second-order valence-corrected chi connectivity index (χ2v) is 5.75. The van der Waals surface area contributed by atoms with Crippen molar-refractivity contribution in [2.75, 3.05) is 13.6 Å². The Hall–Kier alpha value is -0.870. The largest absolute Gasteiger partial charge is 0.390 e. The van der Waals surface area contributed by atoms with Crippen LogP contribution in [0.1, 0.15) is 50.8 Å². The van der Waals surface area contributed by atoms with E-state index in [4.69, 9.17) is 0 Å². The van der Waals surface area contributed by atoms with E-state index in [2.05, 4.69) is 21.3 Å². The Morgan fingerprint density at radius 3 is 2.89 bits per heavy atom. The molecule has 1 unspecified atom stereocenters. The molecule has 2 N–H and O–H groups in total. The third kappa shape index (κ3) is 3.56. The molecule has 18 heavy (non-hydrogen) atoms. The molecule has 1 aromatic rings. The van der Waals surface area contributed by atoms with Gasteiger partial charge in [-0.2, -0.15) is 5.10 Å². The normalized spacial score (nSPS) is 20.2. The van der Waals surface area contributed by atoms with Gasteiger partial charge in [-0.1, -0.05) is 12.8 Å². The van der Waals surface area contributed by atoms with Gasteiger partial charge in [-0.15, -0.1) is 0 Å². The zero-order chi connectivity index (χ0) is 13.0. The Kier molecular flexibility index (Phi) is 4.40. The number of hydrogen-bond acceptors (Lipinski definition) is 3. The summed E-state index contributed by atoms with van der Waals surface area (Å²) in [5, 5.41) is 18.0. The molecule has 1 atom stereocenters. The van der Waals surface area contributed by atoms with E-state index in [1.54, 1.807) is 0 Å². The van der Waals surface area contributed by atoms with Gasteiger partial charge in [-0.3, -0.25) is 4.68 Å². The molecule has 0 amide bonds. The number of aliphatic hydroxyl groups is 1. The molecular weight excluding hydrogens is 226 g/mol.